The predicted octanol–water partition coefficient (Wildman–Crippen LogP) is 3.38. The summed E-state index contributed by atoms with van der Waals surface area (Å²) in [6.07, 6.45) is 0. The van der Waals surface area contributed by atoms with Crippen molar-refractivity contribution in [1.82, 2.24) is 0 Å². The summed E-state index contributed by atoms with van der Waals surface area (Å²) in [6.45, 7) is 2.75. The van der Waals surface area contributed by atoms with Gasteiger partial charge in [0.25, 0.3) is 0 Å². The van der Waals surface area contributed by atoms with E-state index >= 15 is 0 Å². The smallest absolute Gasteiger partial charge is 0.123 e. The Balaban J connectivity index is 1.96. The quantitative estimate of drug-likeness (QED) is 0.822. The Hall–Kier alpha value is -2.16. The number of phenols is 2. The Morgan fingerprint density at radius 2 is 1.68 bits per heavy atom. The maximum absolute atomic E-state index is 9.61. The van der Waals surface area contributed by atoms with E-state index in [1.807, 2.05) is 18.2 Å². The average Bonchev–Trinajstić information content (AvgIpc) is 2.41. The van der Waals surface area contributed by atoms with E-state index in [-0.39, 0.29) is 23.3 Å². The van der Waals surface area contributed by atoms with Gasteiger partial charge in [0.15, 0.2) is 0 Å². The van der Waals surface area contributed by atoms with Crippen molar-refractivity contribution >= 4 is 0 Å². The van der Waals surface area contributed by atoms with Gasteiger partial charge in [0.1, 0.15) is 17.2 Å². The van der Waals surface area contributed by atoms with Gasteiger partial charge in [-0.3, -0.25) is 0 Å². The molecule has 1 unspecified atom stereocenters. The lowest BCUT2D eigenvalue weighted by atomic mass is 9.81. The van der Waals surface area contributed by atoms with E-state index < -0.39 is 0 Å². The monoisotopic (exact) mass is 256 g/mol. The second-order valence-corrected chi connectivity index (χ2v) is 5.02. The van der Waals surface area contributed by atoms with Crippen molar-refractivity contribution in [3.63, 3.8) is 0 Å². The second-order valence-electron chi connectivity index (χ2n) is 5.02. The van der Waals surface area contributed by atoms with Crippen LogP contribution in [0.25, 0.3) is 0 Å². The number of hydrogen-bond acceptors (Lipinski definition) is 3. The van der Waals surface area contributed by atoms with Gasteiger partial charge in [0.2, 0.25) is 0 Å². The molecule has 3 nitrogen and oxygen atoms in total. The molecule has 1 aliphatic rings. The fraction of sp³-hybridized carbons (Fsp3) is 0.250. The molecule has 3 rings (SSSR count). The highest BCUT2D eigenvalue weighted by Gasteiger charge is 2.29. The van der Waals surface area contributed by atoms with E-state index in [0.717, 1.165) is 16.9 Å². The number of phenolic OH excluding ortho intramolecular Hbond substituents is 2. The molecule has 0 bridgehead atoms. The maximum Gasteiger partial charge on any atom is 0.123 e. The van der Waals surface area contributed by atoms with E-state index in [1.165, 1.54) is 0 Å². The summed E-state index contributed by atoms with van der Waals surface area (Å²) in [6, 6.07) is 12.5. The zero-order chi connectivity index (χ0) is 13.4. The largest absolute Gasteiger partial charge is 0.508 e. The van der Waals surface area contributed by atoms with Crippen LogP contribution in [0.15, 0.2) is 42.5 Å². The first-order valence-corrected chi connectivity index (χ1v) is 6.40. The summed E-state index contributed by atoms with van der Waals surface area (Å²) in [4.78, 5) is 0. The summed E-state index contributed by atoms with van der Waals surface area (Å²) in [5, 5.41) is 19.0. The molecule has 0 saturated carbocycles. The number of fused-ring (bicyclic) bond motifs is 1. The Morgan fingerprint density at radius 3 is 2.42 bits per heavy atom. The van der Waals surface area contributed by atoms with Crippen LogP contribution in [0.3, 0.4) is 0 Å². The van der Waals surface area contributed by atoms with Gasteiger partial charge in [0, 0.05) is 11.5 Å². The minimum atomic E-state index is 0.231. The second kappa shape index (κ2) is 4.50. The molecule has 2 N–H and O–H groups in total. The number of benzene rings is 2. The van der Waals surface area contributed by atoms with Crippen molar-refractivity contribution in [2.45, 2.75) is 18.8 Å². The highest BCUT2D eigenvalue weighted by atomic mass is 16.5. The van der Waals surface area contributed by atoms with Crippen LogP contribution in [0.2, 0.25) is 0 Å². The van der Waals surface area contributed by atoms with E-state index in [4.69, 9.17) is 4.74 Å². The first kappa shape index (κ1) is 11.9. The van der Waals surface area contributed by atoms with Crippen molar-refractivity contribution in [2.24, 2.45) is 0 Å². The molecular weight excluding hydrogens is 240 g/mol. The minimum absolute atomic E-state index is 0.231. The number of hydrogen-bond donors (Lipinski definition) is 2. The van der Waals surface area contributed by atoms with Crippen molar-refractivity contribution in [2.75, 3.05) is 6.61 Å². The first-order chi connectivity index (χ1) is 9.15. The molecule has 0 amide bonds. The fourth-order valence-corrected chi connectivity index (χ4v) is 2.67. The van der Waals surface area contributed by atoms with Crippen LogP contribution >= 0.6 is 0 Å². The molecule has 0 spiro atoms. The molecule has 2 aromatic rings. The highest BCUT2D eigenvalue weighted by Crippen LogP contribution is 2.43. The molecule has 0 radical (unpaired) electrons. The molecule has 19 heavy (non-hydrogen) atoms. The van der Waals surface area contributed by atoms with Crippen LogP contribution in [-0.2, 0) is 0 Å². The lowest BCUT2D eigenvalue weighted by Crippen LogP contribution is -2.22. The van der Waals surface area contributed by atoms with Gasteiger partial charge >= 0.3 is 0 Å². The number of aromatic hydroxyl groups is 2. The normalized spacial score (nSPS) is 21.5. The van der Waals surface area contributed by atoms with E-state index in [9.17, 15) is 10.2 Å². The molecule has 0 saturated heterocycles. The molecule has 2 atom stereocenters. The molecule has 0 fully saturated rings. The average molecular weight is 256 g/mol. The van der Waals surface area contributed by atoms with Crippen molar-refractivity contribution in [3.8, 4) is 17.2 Å². The van der Waals surface area contributed by atoms with Crippen LogP contribution in [0.1, 0.15) is 29.9 Å². The Bertz CT molecular complexity index is 589. The third-order valence-corrected chi connectivity index (χ3v) is 3.83. The molecule has 3 heteroatoms. The topological polar surface area (TPSA) is 49.7 Å². The van der Waals surface area contributed by atoms with Crippen LogP contribution < -0.4 is 4.74 Å². The van der Waals surface area contributed by atoms with Gasteiger partial charge in [-0.15, -0.1) is 0 Å². The van der Waals surface area contributed by atoms with E-state index in [1.54, 1.807) is 24.3 Å². The van der Waals surface area contributed by atoms with Gasteiger partial charge in [-0.25, -0.2) is 0 Å². The molecular formula is C16H16O3. The van der Waals surface area contributed by atoms with E-state index in [2.05, 4.69) is 6.92 Å². The SMILES string of the molecule is CC1c2cc(O)ccc2OC[C@H]1c1ccc(O)cc1. The maximum atomic E-state index is 9.61. The fourth-order valence-electron chi connectivity index (χ4n) is 2.67. The predicted molar refractivity (Wildman–Crippen MR) is 72.9 cm³/mol. The lowest BCUT2D eigenvalue weighted by Gasteiger charge is -2.31. The first-order valence-electron chi connectivity index (χ1n) is 6.40. The van der Waals surface area contributed by atoms with Crippen LogP contribution in [0.4, 0.5) is 0 Å². The highest BCUT2D eigenvalue weighted by molar-refractivity contribution is 5.45. The Morgan fingerprint density at radius 1 is 1.00 bits per heavy atom. The van der Waals surface area contributed by atoms with Crippen molar-refractivity contribution in [3.05, 3.63) is 53.6 Å². The minimum Gasteiger partial charge on any atom is -0.508 e. The summed E-state index contributed by atoms with van der Waals surface area (Å²) in [5.41, 5.74) is 2.17. The van der Waals surface area contributed by atoms with Gasteiger partial charge in [0.05, 0.1) is 6.61 Å². The molecule has 1 heterocycles. The summed E-state index contributed by atoms with van der Waals surface area (Å²) in [7, 11) is 0. The zero-order valence-corrected chi connectivity index (χ0v) is 10.7. The summed E-state index contributed by atoms with van der Waals surface area (Å²) < 4.78 is 5.77. The molecule has 0 aliphatic carbocycles. The van der Waals surface area contributed by atoms with Crippen molar-refractivity contribution in [1.29, 1.82) is 0 Å². The van der Waals surface area contributed by atoms with Gasteiger partial charge in [-0.05, 0) is 41.8 Å². The number of rotatable bonds is 1. The molecule has 0 aromatic heterocycles. The van der Waals surface area contributed by atoms with Gasteiger partial charge in [-0.1, -0.05) is 19.1 Å². The van der Waals surface area contributed by atoms with Gasteiger partial charge in [-0.2, -0.15) is 0 Å². The standard InChI is InChI=1S/C16H16O3/c1-10-14-8-13(18)6-7-16(14)19-9-15(10)11-2-4-12(17)5-3-11/h2-8,10,15,17-18H,9H2,1H3/t10?,15-/m1/s1. The van der Waals surface area contributed by atoms with Crippen LogP contribution in [-0.4, -0.2) is 16.8 Å². The Labute approximate surface area is 112 Å². The summed E-state index contributed by atoms with van der Waals surface area (Å²) >= 11 is 0. The molecule has 98 valence electrons. The lowest BCUT2D eigenvalue weighted by molar-refractivity contribution is 0.242. The van der Waals surface area contributed by atoms with E-state index in [0.29, 0.717) is 6.61 Å². The number of ether oxygens (including phenoxy) is 1. The third kappa shape index (κ3) is 2.12. The molecule has 1 aliphatic heterocycles. The van der Waals surface area contributed by atoms with Crippen LogP contribution in [0, 0.1) is 0 Å². The zero-order valence-electron chi connectivity index (χ0n) is 10.7. The Kier molecular flexibility index (Phi) is 2.82. The molecule has 2 aromatic carbocycles. The van der Waals surface area contributed by atoms with Gasteiger partial charge < -0.3 is 14.9 Å². The summed E-state index contributed by atoms with van der Waals surface area (Å²) in [5.74, 6) is 1.88. The van der Waals surface area contributed by atoms with Crippen molar-refractivity contribution < 1.29 is 14.9 Å². The third-order valence-electron chi connectivity index (χ3n) is 3.83. The van der Waals surface area contributed by atoms with Crippen LogP contribution in [0.5, 0.6) is 17.2 Å².